The van der Waals surface area contributed by atoms with E-state index in [0.717, 1.165) is 19.3 Å². The van der Waals surface area contributed by atoms with Crippen LogP contribution in [0.5, 0.6) is 0 Å². The topological polar surface area (TPSA) is 125 Å². The molecule has 0 bridgehead atoms. The van der Waals surface area contributed by atoms with E-state index in [9.17, 15) is 14.4 Å². The molecule has 31 heavy (non-hydrogen) atoms. The van der Waals surface area contributed by atoms with Gasteiger partial charge in [0.1, 0.15) is 6.10 Å². The highest BCUT2D eigenvalue weighted by Gasteiger charge is 2.42. The van der Waals surface area contributed by atoms with Gasteiger partial charge in [-0.15, -0.1) is 0 Å². The molecule has 1 aromatic heterocycles. The normalized spacial score (nSPS) is 23.8. The van der Waals surface area contributed by atoms with E-state index in [2.05, 4.69) is 46.7 Å². The zero-order chi connectivity index (χ0) is 23.4. The summed E-state index contributed by atoms with van der Waals surface area (Å²) < 4.78 is 5.60. The largest absolute Gasteiger partial charge is 0.366 e. The van der Waals surface area contributed by atoms with Crippen LogP contribution in [0.4, 0.5) is 10.7 Å². The number of urea groups is 1. The van der Waals surface area contributed by atoms with E-state index >= 15 is 0 Å². The van der Waals surface area contributed by atoms with Crippen LogP contribution >= 0.6 is 0 Å². The van der Waals surface area contributed by atoms with Gasteiger partial charge in [0.2, 0.25) is 11.9 Å². The Morgan fingerprint density at radius 2 is 1.94 bits per heavy atom. The van der Waals surface area contributed by atoms with Gasteiger partial charge < -0.3 is 20.4 Å². The molecule has 4 N–H and O–H groups in total. The SMILES string of the molecule is Cc1cc(=O)nc(NC(=O)NCC2(C)CC(NC(=O)C(C)OC(C)C)CC(C)(C)C2)[nH]1. The predicted molar refractivity (Wildman–Crippen MR) is 120 cm³/mol. The molecular weight excluding hydrogens is 398 g/mol. The Bertz CT molecular complexity index is 851. The molecule has 9 heteroatoms. The van der Waals surface area contributed by atoms with Crippen LogP contribution in [0.15, 0.2) is 10.9 Å². The first-order valence-corrected chi connectivity index (χ1v) is 10.9. The zero-order valence-corrected chi connectivity index (χ0v) is 19.7. The molecule has 2 rings (SSSR count). The highest BCUT2D eigenvalue weighted by atomic mass is 16.5. The fourth-order valence-corrected chi connectivity index (χ4v) is 4.74. The average molecular weight is 436 g/mol. The molecule has 3 atom stereocenters. The lowest BCUT2D eigenvalue weighted by atomic mass is 9.62. The number of aromatic amines is 1. The second-order valence-electron chi connectivity index (χ2n) is 10.2. The Kier molecular flexibility index (Phi) is 7.86. The number of nitrogens with one attached hydrogen (secondary N) is 4. The number of ether oxygens (including phenoxy) is 1. The van der Waals surface area contributed by atoms with Crippen molar-refractivity contribution in [3.63, 3.8) is 0 Å². The second-order valence-corrected chi connectivity index (χ2v) is 10.2. The number of carbonyl (C=O) groups is 2. The summed E-state index contributed by atoms with van der Waals surface area (Å²) in [4.78, 5) is 43.0. The minimum absolute atomic E-state index is 0.000817. The van der Waals surface area contributed by atoms with E-state index < -0.39 is 17.7 Å². The molecule has 1 heterocycles. The van der Waals surface area contributed by atoms with E-state index in [1.165, 1.54) is 6.07 Å². The van der Waals surface area contributed by atoms with Crippen LogP contribution in [-0.4, -0.2) is 46.7 Å². The first-order valence-electron chi connectivity index (χ1n) is 10.9. The third-order valence-electron chi connectivity index (χ3n) is 5.42. The van der Waals surface area contributed by atoms with Crippen molar-refractivity contribution in [1.82, 2.24) is 20.6 Å². The van der Waals surface area contributed by atoms with Crippen molar-refractivity contribution in [2.75, 3.05) is 11.9 Å². The van der Waals surface area contributed by atoms with Crippen molar-refractivity contribution in [1.29, 1.82) is 0 Å². The third kappa shape index (κ3) is 7.97. The third-order valence-corrected chi connectivity index (χ3v) is 5.42. The van der Waals surface area contributed by atoms with Gasteiger partial charge in [-0.2, -0.15) is 4.98 Å². The number of aryl methyl sites for hydroxylation is 1. The Morgan fingerprint density at radius 3 is 2.55 bits per heavy atom. The Balaban J connectivity index is 1.97. The molecule has 0 aliphatic heterocycles. The molecule has 0 radical (unpaired) electrons. The summed E-state index contributed by atoms with van der Waals surface area (Å²) in [5.41, 5.74) is 0.00800. The summed E-state index contributed by atoms with van der Waals surface area (Å²) in [6, 6.07) is 0.924. The zero-order valence-electron chi connectivity index (χ0n) is 19.7. The lowest BCUT2D eigenvalue weighted by molar-refractivity contribution is -0.135. The molecule has 0 aromatic carbocycles. The molecule has 3 amide bonds. The lowest BCUT2D eigenvalue weighted by Crippen LogP contribution is -2.52. The number of hydrogen-bond donors (Lipinski definition) is 4. The average Bonchev–Trinajstić information content (AvgIpc) is 2.56. The molecule has 3 unspecified atom stereocenters. The van der Waals surface area contributed by atoms with Crippen molar-refractivity contribution < 1.29 is 14.3 Å². The summed E-state index contributed by atoms with van der Waals surface area (Å²) >= 11 is 0. The summed E-state index contributed by atoms with van der Waals surface area (Å²) in [6.07, 6.45) is 1.99. The monoisotopic (exact) mass is 435 g/mol. The first kappa shape index (κ1) is 24.8. The van der Waals surface area contributed by atoms with Gasteiger partial charge >= 0.3 is 6.03 Å². The molecule has 9 nitrogen and oxygen atoms in total. The van der Waals surface area contributed by atoms with Crippen LogP contribution in [0.1, 0.15) is 66.5 Å². The summed E-state index contributed by atoms with van der Waals surface area (Å²) in [7, 11) is 0. The first-order chi connectivity index (χ1) is 14.3. The molecule has 0 spiro atoms. The smallest absolute Gasteiger partial charge is 0.321 e. The molecule has 1 aliphatic rings. The highest BCUT2D eigenvalue weighted by molar-refractivity contribution is 5.87. The van der Waals surface area contributed by atoms with Crippen LogP contribution in [0.3, 0.4) is 0 Å². The van der Waals surface area contributed by atoms with Crippen molar-refractivity contribution in [3.8, 4) is 0 Å². The van der Waals surface area contributed by atoms with Crippen LogP contribution in [0.2, 0.25) is 0 Å². The molecule has 1 saturated carbocycles. The molecule has 1 aliphatic carbocycles. The number of H-pyrrole nitrogens is 1. The summed E-state index contributed by atoms with van der Waals surface area (Å²) in [5, 5.41) is 8.60. The van der Waals surface area contributed by atoms with Crippen LogP contribution in [-0.2, 0) is 9.53 Å². The van der Waals surface area contributed by atoms with Gasteiger partial charge in [0, 0.05) is 24.3 Å². The highest BCUT2D eigenvalue weighted by Crippen LogP contribution is 2.45. The Labute approximate surface area is 184 Å². The lowest BCUT2D eigenvalue weighted by Gasteiger charge is -2.47. The van der Waals surface area contributed by atoms with E-state index in [1.807, 2.05) is 13.8 Å². The number of nitrogens with zero attached hydrogens (tertiary/aromatic N) is 1. The van der Waals surface area contributed by atoms with E-state index in [4.69, 9.17) is 4.74 Å². The number of aromatic nitrogens is 2. The number of rotatable bonds is 7. The van der Waals surface area contributed by atoms with Crippen molar-refractivity contribution in [2.45, 2.75) is 86.0 Å². The van der Waals surface area contributed by atoms with Crippen LogP contribution < -0.4 is 21.5 Å². The number of amides is 3. The molecule has 174 valence electrons. The molecular formula is C22H37N5O4. The minimum Gasteiger partial charge on any atom is -0.366 e. The maximum absolute atomic E-state index is 12.5. The standard InChI is InChI=1S/C22H37N5O4/c1-13(2)31-15(4)18(29)25-16-9-21(5,6)11-22(7,10-16)12-23-20(30)27-19-24-14(3)8-17(28)26-19/h8,13,15-16H,9-12H2,1-7H3,(H,25,29)(H3,23,24,26,27,28,30). The van der Waals surface area contributed by atoms with E-state index in [1.54, 1.807) is 13.8 Å². The van der Waals surface area contributed by atoms with Gasteiger partial charge in [0.05, 0.1) is 6.10 Å². The maximum atomic E-state index is 12.5. The molecule has 1 aromatic rings. The molecule has 1 fully saturated rings. The fraction of sp³-hybridized carbons (Fsp3) is 0.727. The van der Waals surface area contributed by atoms with Gasteiger partial charge in [0.25, 0.3) is 5.56 Å². The fourth-order valence-electron chi connectivity index (χ4n) is 4.74. The van der Waals surface area contributed by atoms with E-state index in [-0.39, 0.29) is 34.8 Å². The Hall–Kier alpha value is -2.42. The minimum atomic E-state index is -0.510. The number of carbonyl (C=O) groups excluding carboxylic acids is 2. The van der Waals surface area contributed by atoms with Gasteiger partial charge in [0.15, 0.2) is 0 Å². The van der Waals surface area contributed by atoms with Crippen LogP contribution in [0, 0.1) is 17.8 Å². The predicted octanol–water partition coefficient (Wildman–Crippen LogP) is 2.71. The van der Waals surface area contributed by atoms with Crippen LogP contribution in [0.25, 0.3) is 0 Å². The Morgan fingerprint density at radius 1 is 1.26 bits per heavy atom. The van der Waals surface area contributed by atoms with Crippen molar-refractivity contribution >= 4 is 17.9 Å². The number of hydrogen-bond acceptors (Lipinski definition) is 5. The summed E-state index contributed by atoms with van der Waals surface area (Å²) in [5.74, 6) is -0.000152. The maximum Gasteiger partial charge on any atom is 0.321 e. The summed E-state index contributed by atoms with van der Waals surface area (Å²) in [6.45, 7) is 14.2. The second kappa shape index (κ2) is 9.80. The van der Waals surface area contributed by atoms with Gasteiger partial charge in [-0.05, 0) is 57.8 Å². The quantitative estimate of drug-likeness (QED) is 0.524. The van der Waals surface area contributed by atoms with Gasteiger partial charge in [-0.25, -0.2) is 4.79 Å². The molecule has 0 saturated heterocycles. The van der Waals surface area contributed by atoms with Crippen molar-refractivity contribution in [2.24, 2.45) is 10.8 Å². The van der Waals surface area contributed by atoms with Gasteiger partial charge in [-0.3, -0.25) is 14.9 Å². The van der Waals surface area contributed by atoms with E-state index in [0.29, 0.717) is 12.2 Å². The van der Waals surface area contributed by atoms with Gasteiger partial charge in [-0.1, -0.05) is 20.8 Å². The number of anilines is 1. The van der Waals surface area contributed by atoms with Crippen molar-refractivity contribution in [3.05, 3.63) is 22.1 Å².